The molecule has 3 heterocycles. The molecule has 5 rings (SSSR count). The van der Waals surface area contributed by atoms with Gasteiger partial charge in [-0.1, -0.05) is 44.9 Å². The lowest BCUT2D eigenvalue weighted by molar-refractivity contribution is 0.515. The summed E-state index contributed by atoms with van der Waals surface area (Å²) in [7, 11) is 0. The predicted octanol–water partition coefficient (Wildman–Crippen LogP) is 6.30. The Kier molecular flexibility index (Phi) is 5.53. The van der Waals surface area contributed by atoms with Crippen LogP contribution >= 0.6 is 12.2 Å². The Morgan fingerprint density at radius 1 is 1.03 bits per heavy atom. The van der Waals surface area contributed by atoms with Crippen LogP contribution in [-0.2, 0) is 0 Å². The summed E-state index contributed by atoms with van der Waals surface area (Å²) in [5, 5.41) is 4.33. The minimum absolute atomic E-state index is 0.0119. The molecule has 2 atom stereocenters. The van der Waals surface area contributed by atoms with Gasteiger partial charge in [-0.2, -0.15) is 0 Å². The number of nitrogens with zero attached hydrogens (tertiary/aromatic N) is 3. The van der Waals surface area contributed by atoms with Gasteiger partial charge < -0.3 is 14.8 Å². The van der Waals surface area contributed by atoms with Crippen molar-refractivity contribution < 1.29 is 0 Å². The average molecular weight is 431 g/mol. The van der Waals surface area contributed by atoms with E-state index in [4.69, 9.17) is 12.2 Å². The maximum absolute atomic E-state index is 5.86. The second kappa shape index (κ2) is 8.46. The topological polar surface area (TPSA) is 33.1 Å². The van der Waals surface area contributed by atoms with Crippen molar-refractivity contribution >= 4 is 23.0 Å². The number of anilines is 1. The number of nitrogens with one attached hydrogen (secondary N) is 1. The van der Waals surface area contributed by atoms with Gasteiger partial charge in [0.25, 0.3) is 0 Å². The van der Waals surface area contributed by atoms with Gasteiger partial charge in [0, 0.05) is 30.3 Å². The van der Waals surface area contributed by atoms with Gasteiger partial charge in [-0.05, 0) is 72.4 Å². The molecule has 0 bridgehead atoms. The van der Waals surface area contributed by atoms with Gasteiger partial charge in [0.1, 0.15) is 0 Å². The van der Waals surface area contributed by atoms with Crippen LogP contribution in [0.1, 0.15) is 80.4 Å². The highest BCUT2D eigenvalue weighted by molar-refractivity contribution is 7.80. The fourth-order valence-corrected chi connectivity index (χ4v) is 5.37. The Morgan fingerprint density at radius 3 is 2.48 bits per heavy atom. The summed E-state index contributed by atoms with van der Waals surface area (Å²) in [4.78, 5) is 6.94. The fourth-order valence-electron chi connectivity index (χ4n) is 5.03. The van der Waals surface area contributed by atoms with Gasteiger partial charge in [-0.15, -0.1) is 0 Å². The minimum atomic E-state index is 0.0119. The fraction of sp³-hybridized carbons (Fsp3) is 0.385. The van der Waals surface area contributed by atoms with Crippen molar-refractivity contribution in [1.29, 1.82) is 0 Å². The molecule has 2 aliphatic rings. The van der Waals surface area contributed by atoms with Crippen molar-refractivity contribution in [3.05, 3.63) is 83.9 Å². The average Bonchev–Trinajstić information content (AvgIpc) is 3.54. The largest absolute Gasteiger partial charge is 0.351 e. The number of thiocarbonyl (C=S) groups is 1. The molecule has 1 saturated carbocycles. The van der Waals surface area contributed by atoms with Crippen molar-refractivity contribution in [3.63, 3.8) is 0 Å². The zero-order chi connectivity index (χ0) is 21.4. The standard InChI is InChI=1S/C26H30N4S/c1-18(2)19-10-12-22(13-11-19)30-25(20-14-16-29(17-20)21-7-3-4-8-21)24(28-26(30)31)23-9-5-6-15-27-23/h5-6,9-18,21,24-25H,3-4,7-8H2,1-2H3,(H,28,31). The van der Waals surface area contributed by atoms with E-state index in [1.165, 1.54) is 36.8 Å². The summed E-state index contributed by atoms with van der Waals surface area (Å²) in [6, 6.07) is 17.9. The molecular formula is C26H30N4S. The lowest BCUT2D eigenvalue weighted by Crippen LogP contribution is -2.29. The van der Waals surface area contributed by atoms with E-state index in [0.29, 0.717) is 12.0 Å². The van der Waals surface area contributed by atoms with Crippen molar-refractivity contribution in [1.82, 2.24) is 14.9 Å². The summed E-state index contributed by atoms with van der Waals surface area (Å²) in [6.45, 7) is 4.45. The van der Waals surface area contributed by atoms with Crippen LogP contribution in [0.3, 0.4) is 0 Å². The van der Waals surface area contributed by atoms with Crippen LogP contribution in [0.2, 0.25) is 0 Å². The lowest BCUT2D eigenvalue weighted by Gasteiger charge is -2.27. The van der Waals surface area contributed by atoms with Gasteiger partial charge in [0.15, 0.2) is 5.11 Å². The maximum Gasteiger partial charge on any atom is 0.174 e. The molecule has 5 heteroatoms. The molecule has 1 aliphatic carbocycles. The Balaban J connectivity index is 1.54. The smallest absolute Gasteiger partial charge is 0.174 e. The van der Waals surface area contributed by atoms with Gasteiger partial charge in [-0.25, -0.2) is 0 Å². The third kappa shape index (κ3) is 3.87. The Morgan fingerprint density at radius 2 is 1.81 bits per heavy atom. The first-order valence-corrected chi connectivity index (χ1v) is 11.8. The maximum atomic E-state index is 5.86. The normalized spacial score (nSPS) is 21.8. The second-order valence-electron chi connectivity index (χ2n) is 9.07. The highest BCUT2D eigenvalue weighted by Crippen LogP contribution is 2.42. The summed E-state index contributed by atoms with van der Waals surface area (Å²) in [5.74, 6) is 0.509. The van der Waals surface area contributed by atoms with Crippen LogP contribution < -0.4 is 10.2 Å². The van der Waals surface area contributed by atoms with Crippen molar-refractivity contribution in [2.45, 2.75) is 63.6 Å². The number of aromatic nitrogens is 2. The zero-order valence-electron chi connectivity index (χ0n) is 18.2. The van der Waals surface area contributed by atoms with E-state index in [1.54, 1.807) is 0 Å². The van der Waals surface area contributed by atoms with E-state index in [-0.39, 0.29) is 12.1 Å². The van der Waals surface area contributed by atoms with Crippen LogP contribution in [0.15, 0.2) is 67.1 Å². The molecule has 1 N–H and O–H groups in total. The van der Waals surface area contributed by atoms with Crippen molar-refractivity contribution in [3.8, 4) is 0 Å². The van der Waals surface area contributed by atoms with E-state index in [9.17, 15) is 0 Å². The van der Waals surface area contributed by atoms with Crippen LogP contribution in [0, 0.1) is 0 Å². The molecule has 31 heavy (non-hydrogen) atoms. The van der Waals surface area contributed by atoms with Crippen molar-refractivity contribution in [2.75, 3.05) is 4.90 Å². The Labute approximate surface area is 190 Å². The van der Waals surface area contributed by atoms with Crippen LogP contribution in [-0.4, -0.2) is 14.7 Å². The van der Waals surface area contributed by atoms with E-state index < -0.39 is 0 Å². The van der Waals surface area contributed by atoms with E-state index in [2.05, 4.69) is 82.4 Å². The van der Waals surface area contributed by atoms with E-state index >= 15 is 0 Å². The van der Waals surface area contributed by atoms with Gasteiger partial charge in [-0.3, -0.25) is 4.98 Å². The highest BCUT2D eigenvalue weighted by Gasteiger charge is 2.41. The first kappa shape index (κ1) is 20.3. The predicted molar refractivity (Wildman–Crippen MR) is 130 cm³/mol. The molecule has 160 valence electrons. The summed E-state index contributed by atoms with van der Waals surface area (Å²) in [6.07, 6.45) is 11.7. The molecular weight excluding hydrogens is 400 g/mol. The number of benzene rings is 1. The first-order valence-electron chi connectivity index (χ1n) is 11.4. The summed E-state index contributed by atoms with van der Waals surface area (Å²) >= 11 is 5.86. The van der Waals surface area contributed by atoms with Crippen LogP contribution in [0.4, 0.5) is 5.69 Å². The Hall–Kier alpha value is -2.66. The van der Waals surface area contributed by atoms with Gasteiger partial charge in [0.2, 0.25) is 0 Å². The molecule has 0 radical (unpaired) electrons. The van der Waals surface area contributed by atoms with Crippen molar-refractivity contribution in [2.24, 2.45) is 0 Å². The van der Waals surface area contributed by atoms with Gasteiger partial charge >= 0.3 is 0 Å². The number of rotatable bonds is 5. The highest BCUT2D eigenvalue weighted by atomic mass is 32.1. The molecule has 0 spiro atoms. The molecule has 2 unspecified atom stereocenters. The minimum Gasteiger partial charge on any atom is -0.351 e. The number of pyridine rings is 1. The number of hydrogen-bond acceptors (Lipinski definition) is 2. The lowest BCUT2D eigenvalue weighted by atomic mass is 9.98. The molecule has 2 aromatic heterocycles. The molecule has 2 fully saturated rings. The third-order valence-electron chi connectivity index (χ3n) is 6.76. The number of hydrogen-bond donors (Lipinski definition) is 1. The van der Waals surface area contributed by atoms with Crippen LogP contribution in [0.5, 0.6) is 0 Å². The molecule has 0 amide bonds. The summed E-state index contributed by atoms with van der Waals surface area (Å²) < 4.78 is 2.42. The SMILES string of the molecule is CC(C)c1ccc(N2C(=S)NC(c3ccccn3)C2c2ccn(C3CCCC3)c2)cc1. The van der Waals surface area contributed by atoms with E-state index in [0.717, 1.165) is 16.5 Å². The second-order valence-corrected chi connectivity index (χ2v) is 9.46. The van der Waals surface area contributed by atoms with E-state index in [1.807, 2.05) is 18.3 Å². The zero-order valence-corrected chi connectivity index (χ0v) is 19.1. The molecule has 1 aliphatic heterocycles. The Bertz CT molecular complexity index is 1030. The quantitative estimate of drug-likeness (QED) is 0.482. The summed E-state index contributed by atoms with van der Waals surface area (Å²) in [5.41, 5.74) is 4.76. The van der Waals surface area contributed by atoms with Gasteiger partial charge in [0.05, 0.1) is 17.8 Å². The molecule has 4 nitrogen and oxygen atoms in total. The molecule has 3 aromatic rings. The first-order chi connectivity index (χ1) is 15.1. The molecule has 1 saturated heterocycles. The third-order valence-corrected chi connectivity index (χ3v) is 7.08. The monoisotopic (exact) mass is 430 g/mol. The molecule has 1 aromatic carbocycles. The van der Waals surface area contributed by atoms with Crippen LogP contribution in [0.25, 0.3) is 0 Å².